The third-order valence-corrected chi connectivity index (χ3v) is 6.16. The summed E-state index contributed by atoms with van der Waals surface area (Å²) in [5.74, 6) is 0. The minimum atomic E-state index is 0. The Bertz CT molecular complexity index is 472. The van der Waals surface area contributed by atoms with Crippen LogP contribution < -0.4 is 5.73 Å². The van der Waals surface area contributed by atoms with E-state index in [0.717, 1.165) is 6.42 Å². The van der Waals surface area contributed by atoms with Crippen molar-refractivity contribution in [2.75, 3.05) is 0 Å². The maximum Gasteiger partial charge on any atom is 0.0297 e. The third-order valence-electron chi connectivity index (χ3n) is 6.16. The van der Waals surface area contributed by atoms with Crippen LogP contribution in [0.1, 0.15) is 132 Å². The van der Waals surface area contributed by atoms with Crippen molar-refractivity contribution in [3.63, 3.8) is 0 Å². The van der Waals surface area contributed by atoms with E-state index in [4.69, 9.17) is 5.73 Å². The Hall–Kier alpha value is -0.860. The number of unbranched alkanes of at least 4 members (excludes halogenated alkanes) is 14. The molecule has 0 fully saturated rings. The van der Waals surface area contributed by atoms with Gasteiger partial charge in [0.25, 0.3) is 0 Å². The van der Waals surface area contributed by atoms with Crippen LogP contribution in [-0.2, 0) is 0 Å². The Labute approximate surface area is 176 Å². The molecule has 0 bridgehead atoms. The zero-order chi connectivity index (χ0) is 19.7. The van der Waals surface area contributed by atoms with Gasteiger partial charge in [-0.05, 0) is 37.0 Å². The molecule has 0 spiro atoms. The molecular weight excluding hydrogens is 342 g/mol. The molecule has 0 aliphatic rings. The van der Waals surface area contributed by atoms with Gasteiger partial charge in [-0.2, -0.15) is 0 Å². The molecule has 164 valence electrons. The largest absolute Gasteiger partial charge is 0.412 e. The lowest BCUT2D eigenvalue weighted by Gasteiger charge is -2.16. The van der Waals surface area contributed by atoms with Gasteiger partial charge in [0.2, 0.25) is 0 Å². The van der Waals surface area contributed by atoms with Crippen molar-refractivity contribution >= 4 is 0 Å². The van der Waals surface area contributed by atoms with Crippen LogP contribution in [0.5, 0.6) is 0 Å². The molecule has 2 heteroatoms. The molecule has 0 aromatic heterocycles. The number of benzene rings is 1. The highest BCUT2D eigenvalue weighted by Gasteiger charge is 2.09. The fourth-order valence-electron chi connectivity index (χ4n) is 4.07. The second-order valence-electron chi connectivity index (χ2n) is 8.63. The summed E-state index contributed by atoms with van der Waals surface area (Å²) < 4.78 is 0. The number of aryl methyl sites for hydroxylation is 1. The molecule has 0 amide bonds. The fraction of sp³-hybridized carbons (Fsp3) is 0.769. The standard InChI is InChI=1S/C26H47N.H2O/c1-4-5-6-7-8-9-10-11-12-13-14-15-16-17-18-22-26(27)25-21-19-20-23(2)24(25)3;/h19-21,26H,4-18,22,27H2,1-3H3;1H2. The topological polar surface area (TPSA) is 57.5 Å². The van der Waals surface area contributed by atoms with E-state index in [0.29, 0.717) is 0 Å². The van der Waals surface area contributed by atoms with Crippen molar-refractivity contribution in [3.8, 4) is 0 Å². The van der Waals surface area contributed by atoms with Gasteiger partial charge < -0.3 is 11.2 Å². The van der Waals surface area contributed by atoms with E-state index in [2.05, 4.69) is 39.0 Å². The number of rotatable bonds is 17. The molecule has 0 radical (unpaired) electrons. The predicted molar refractivity (Wildman–Crippen MR) is 126 cm³/mol. The lowest BCUT2D eigenvalue weighted by molar-refractivity contribution is 0.519. The molecule has 2 nitrogen and oxygen atoms in total. The van der Waals surface area contributed by atoms with E-state index in [1.807, 2.05) is 0 Å². The number of nitrogens with two attached hydrogens (primary N) is 1. The monoisotopic (exact) mass is 391 g/mol. The summed E-state index contributed by atoms with van der Waals surface area (Å²) >= 11 is 0. The molecule has 1 aromatic rings. The van der Waals surface area contributed by atoms with Crippen LogP contribution in [0.2, 0.25) is 0 Å². The first-order valence-corrected chi connectivity index (χ1v) is 12.0. The molecular formula is C26H49NO. The maximum atomic E-state index is 6.42. The summed E-state index contributed by atoms with van der Waals surface area (Å²) in [5.41, 5.74) is 10.5. The molecule has 1 atom stereocenters. The predicted octanol–water partition coefficient (Wildman–Crippen LogP) is 7.74. The van der Waals surface area contributed by atoms with Crippen LogP contribution in [0, 0.1) is 13.8 Å². The molecule has 28 heavy (non-hydrogen) atoms. The fourth-order valence-corrected chi connectivity index (χ4v) is 4.07. The molecule has 0 aliphatic heterocycles. The molecule has 0 heterocycles. The Morgan fingerprint density at radius 1 is 0.679 bits per heavy atom. The van der Waals surface area contributed by atoms with Gasteiger partial charge >= 0.3 is 0 Å². The first-order valence-electron chi connectivity index (χ1n) is 12.0. The minimum Gasteiger partial charge on any atom is -0.412 e. The second kappa shape index (κ2) is 18.2. The summed E-state index contributed by atoms with van der Waals surface area (Å²) in [6.07, 6.45) is 22.4. The highest BCUT2D eigenvalue weighted by Crippen LogP contribution is 2.23. The maximum absolute atomic E-state index is 6.42. The smallest absolute Gasteiger partial charge is 0.0297 e. The van der Waals surface area contributed by atoms with Crippen LogP contribution in [0.15, 0.2) is 18.2 Å². The van der Waals surface area contributed by atoms with Crippen LogP contribution >= 0.6 is 0 Å². The van der Waals surface area contributed by atoms with Crippen molar-refractivity contribution < 1.29 is 5.48 Å². The summed E-state index contributed by atoms with van der Waals surface area (Å²) in [7, 11) is 0. The van der Waals surface area contributed by atoms with Gasteiger partial charge in [-0.1, -0.05) is 121 Å². The highest BCUT2D eigenvalue weighted by atomic mass is 16.0. The first-order chi connectivity index (χ1) is 13.2. The average Bonchev–Trinajstić information content (AvgIpc) is 2.67. The van der Waals surface area contributed by atoms with E-state index < -0.39 is 0 Å². The van der Waals surface area contributed by atoms with E-state index in [1.165, 1.54) is 113 Å². The normalized spacial score (nSPS) is 12.0. The van der Waals surface area contributed by atoms with E-state index in [1.54, 1.807) is 0 Å². The van der Waals surface area contributed by atoms with Gasteiger partial charge in [-0.15, -0.1) is 0 Å². The lowest BCUT2D eigenvalue weighted by atomic mass is 9.94. The van der Waals surface area contributed by atoms with Gasteiger partial charge in [0.05, 0.1) is 0 Å². The molecule has 0 saturated carbocycles. The van der Waals surface area contributed by atoms with Gasteiger partial charge in [-0.25, -0.2) is 0 Å². The van der Waals surface area contributed by atoms with E-state index >= 15 is 0 Å². The highest BCUT2D eigenvalue weighted by molar-refractivity contribution is 5.35. The van der Waals surface area contributed by atoms with Crippen molar-refractivity contribution in [2.24, 2.45) is 5.73 Å². The summed E-state index contributed by atoms with van der Waals surface area (Å²) in [6.45, 7) is 6.68. The van der Waals surface area contributed by atoms with Gasteiger partial charge in [0.1, 0.15) is 0 Å². The SMILES string of the molecule is CCCCCCCCCCCCCCCCCC(N)c1cccc(C)c1C.O. The van der Waals surface area contributed by atoms with Crippen LogP contribution in [0.25, 0.3) is 0 Å². The molecule has 4 N–H and O–H groups in total. The Balaban J connectivity index is 0.00000729. The second-order valence-corrected chi connectivity index (χ2v) is 8.63. The van der Waals surface area contributed by atoms with Crippen molar-refractivity contribution in [1.82, 2.24) is 0 Å². The minimum absolute atomic E-state index is 0. The van der Waals surface area contributed by atoms with Crippen molar-refractivity contribution in [1.29, 1.82) is 0 Å². The van der Waals surface area contributed by atoms with Crippen molar-refractivity contribution in [2.45, 2.75) is 130 Å². The summed E-state index contributed by atoms with van der Waals surface area (Å²) in [6, 6.07) is 6.74. The van der Waals surface area contributed by atoms with E-state index in [-0.39, 0.29) is 11.5 Å². The van der Waals surface area contributed by atoms with Crippen molar-refractivity contribution in [3.05, 3.63) is 34.9 Å². The molecule has 1 aromatic carbocycles. The zero-order valence-corrected chi connectivity index (χ0v) is 19.2. The quantitative estimate of drug-likeness (QED) is 0.271. The third kappa shape index (κ3) is 12.6. The van der Waals surface area contributed by atoms with E-state index in [9.17, 15) is 0 Å². The molecule has 0 saturated heterocycles. The van der Waals surface area contributed by atoms with Gasteiger partial charge in [0.15, 0.2) is 0 Å². The number of hydrogen-bond donors (Lipinski definition) is 1. The summed E-state index contributed by atoms with van der Waals surface area (Å²) in [4.78, 5) is 0. The van der Waals surface area contributed by atoms with Gasteiger partial charge in [0, 0.05) is 6.04 Å². The van der Waals surface area contributed by atoms with Gasteiger partial charge in [-0.3, -0.25) is 0 Å². The Morgan fingerprint density at radius 3 is 1.57 bits per heavy atom. The lowest BCUT2D eigenvalue weighted by Crippen LogP contribution is -2.12. The summed E-state index contributed by atoms with van der Waals surface area (Å²) in [5, 5.41) is 0. The molecule has 1 rings (SSSR count). The Morgan fingerprint density at radius 2 is 1.11 bits per heavy atom. The Kier molecular flexibility index (Phi) is 17.6. The first kappa shape index (κ1) is 27.1. The van der Waals surface area contributed by atoms with Crippen LogP contribution in [0.4, 0.5) is 0 Å². The van der Waals surface area contributed by atoms with Crippen LogP contribution in [0.3, 0.4) is 0 Å². The molecule has 1 unspecified atom stereocenters. The number of hydrogen-bond acceptors (Lipinski definition) is 1. The molecule has 0 aliphatic carbocycles. The average molecular weight is 392 g/mol. The van der Waals surface area contributed by atoms with Crippen LogP contribution in [-0.4, -0.2) is 5.48 Å². The zero-order valence-electron chi connectivity index (χ0n) is 19.2.